The first-order valence-corrected chi connectivity index (χ1v) is 6.20. The van der Waals surface area contributed by atoms with E-state index in [2.05, 4.69) is 17.1 Å². The summed E-state index contributed by atoms with van der Waals surface area (Å²) in [6.07, 6.45) is 12.6. The molecule has 1 aliphatic carbocycles. The summed E-state index contributed by atoms with van der Waals surface area (Å²) in [5.74, 6) is 1.73. The van der Waals surface area contributed by atoms with E-state index in [1.165, 1.54) is 12.0 Å². The number of hydrogen-bond donors (Lipinski definition) is 0. The summed E-state index contributed by atoms with van der Waals surface area (Å²) in [6, 6.07) is 5.84. The molecule has 0 bridgehead atoms. The highest BCUT2D eigenvalue weighted by molar-refractivity contribution is 5.87. The SMILES string of the molecule is C1=CCC2=CC=C(c3cccc4ocnc34)OC2=C1. The topological polar surface area (TPSA) is 35.3 Å². The zero-order valence-electron chi connectivity index (χ0n) is 10.2. The molecule has 2 heterocycles. The molecule has 2 aromatic rings. The van der Waals surface area contributed by atoms with Crippen LogP contribution in [0.15, 0.2) is 70.7 Å². The van der Waals surface area contributed by atoms with E-state index >= 15 is 0 Å². The average Bonchev–Trinajstić information content (AvgIpc) is 2.95. The fraction of sp³-hybridized carbons (Fsp3) is 0.0625. The van der Waals surface area contributed by atoms with E-state index in [-0.39, 0.29) is 0 Å². The van der Waals surface area contributed by atoms with Gasteiger partial charge in [0.1, 0.15) is 17.0 Å². The van der Waals surface area contributed by atoms with Crippen molar-refractivity contribution in [3.8, 4) is 0 Å². The van der Waals surface area contributed by atoms with E-state index in [4.69, 9.17) is 9.15 Å². The molecule has 0 radical (unpaired) electrons. The molecule has 4 rings (SSSR count). The first kappa shape index (κ1) is 10.4. The number of oxazole rings is 1. The minimum Gasteiger partial charge on any atom is -0.456 e. The Morgan fingerprint density at radius 2 is 2.05 bits per heavy atom. The van der Waals surface area contributed by atoms with Crippen LogP contribution in [0.2, 0.25) is 0 Å². The lowest BCUT2D eigenvalue weighted by Gasteiger charge is -2.20. The number of rotatable bonds is 1. The zero-order chi connectivity index (χ0) is 12.7. The van der Waals surface area contributed by atoms with Gasteiger partial charge in [0.2, 0.25) is 0 Å². The Balaban J connectivity index is 1.84. The van der Waals surface area contributed by atoms with Gasteiger partial charge in [0.05, 0.1) is 0 Å². The second kappa shape index (κ2) is 3.99. The maximum atomic E-state index is 5.97. The molecule has 1 aromatic carbocycles. The van der Waals surface area contributed by atoms with Crippen molar-refractivity contribution in [2.24, 2.45) is 0 Å². The molecule has 0 saturated carbocycles. The maximum absolute atomic E-state index is 5.97. The largest absolute Gasteiger partial charge is 0.456 e. The van der Waals surface area contributed by atoms with E-state index in [0.29, 0.717) is 0 Å². The van der Waals surface area contributed by atoms with Crippen LogP contribution in [0.4, 0.5) is 0 Å². The summed E-state index contributed by atoms with van der Waals surface area (Å²) in [4.78, 5) is 4.26. The molecular formula is C16H11NO2. The maximum Gasteiger partial charge on any atom is 0.182 e. The van der Waals surface area contributed by atoms with E-state index in [0.717, 1.165) is 34.6 Å². The second-order valence-corrected chi connectivity index (χ2v) is 4.49. The monoisotopic (exact) mass is 249 g/mol. The predicted molar refractivity (Wildman–Crippen MR) is 73.0 cm³/mol. The summed E-state index contributed by atoms with van der Waals surface area (Å²) in [5, 5.41) is 0. The Labute approximate surface area is 110 Å². The Hall–Kier alpha value is -2.55. The van der Waals surface area contributed by atoms with Crippen LogP contribution in [-0.4, -0.2) is 4.98 Å². The number of nitrogens with zero attached hydrogens (tertiary/aromatic N) is 1. The molecule has 1 aliphatic heterocycles. The normalized spacial score (nSPS) is 17.4. The van der Waals surface area contributed by atoms with Gasteiger partial charge < -0.3 is 9.15 Å². The molecule has 0 N–H and O–H groups in total. The Kier molecular flexibility index (Phi) is 2.18. The molecule has 2 aliphatic rings. The van der Waals surface area contributed by atoms with Crippen LogP contribution in [0.3, 0.4) is 0 Å². The van der Waals surface area contributed by atoms with Gasteiger partial charge in [-0.15, -0.1) is 0 Å². The number of fused-ring (bicyclic) bond motifs is 2. The van der Waals surface area contributed by atoms with Crippen LogP contribution >= 0.6 is 0 Å². The third kappa shape index (κ3) is 1.63. The van der Waals surface area contributed by atoms with Crippen molar-refractivity contribution < 1.29 is 9.15 Å². The summed E-state index contributed by atoms with van der Waals surface area (Å²) in [5.41, 5.74) is 3.77. The van der Waals surface area contributed by atoms with Gasteiger partial charge in [-0.05, 0) is 36.3 Å². The van der Waals surface area contributed by atoms with Crippen molar-refractivity contribution >= 4 is 16.9 Å². The minimum atomic E-state index is 0.772. The smallest absolute Gasteiger partial charge is 0.182 e. The molecule has 3 heteroatoms. The van der Waals surface area contributed by atoms with Crippen molar-refractivity contribution in [3.05, 3.63) is 71.9 Å². The van der Waals surface area contributed by atoms with Crippen molar-refractivity contribution in [1.29, 1.82) is 0 Å². The lowest BCUT2D eigenvalue weighted by molar-refractivity contribution is 0.386. The lowest BCUT2D eigenvalue weighted by Crippen LogP contribution is -2.03. The molecule has 19 heavy (non-hydrogen) atoms. The van der Waals surface area contributed by atoms with Crippen molar-refractivity contribution in [1.82, 2.24) is 4.98 Å². The highest BCUT2D eigenvalue weighted by Gasteiger charge is 2.18. The number of ether oxygens (including phenoxy) is 1. The highest BCUT2D eigenvalue weighted by Crippen LogP contribution is 2.33. The zero-order valence-corrected chi connectivity index (χ0v) is 10.2. The van der Waals surface area contributed by atoms with Crippen molar-refractivity contribution in [2.75, 3.05) is 0 Å². The van der Waals surface area contributed by atoms with Crippen LogP contribution in [-0.2, 0) is 4.74 Å². The Bertz CT molecular complexity index is 775. The summed E-state index contributed by atoms with van der Waals surface area (Å²) < 4.78 is 11.3. The second-order valence-electron chi connectivity index (χ2n) is 4.49. The van der Waals surface area contributed by atoms with Crippen LogP contribution in [0.1, 0.15) is 12.0 Å². The van der Waals surface area contributed by atoms with E-state index < -0.39 is 0 Å². The molecule has 0 fully saturated rings. The molecular weight excluding hydrogens is 238 g/mol. The number of hydrogen-bond acceptors (Lipinski definition) is 3. The number of allylic oxidation sites excluding steroid dienone is 6. The minimum absolute atomic E-state index is 0.772. The van der Waals surface area contributed by atoms with Crippen LogP contribution in [0.5, 0.6) is 0 Å². The first-order chi connectivity index (χ1) is 9.42. The lowest BCUT2D eigenvalue weighted by atomic mass is 10.0. The highest BCUT2D eigenvalue weighted by atomic mass is 16.5. The summed E-state index contributed by atoms with van der Waals surface area (Å²) in [6.45, 7) is 0. The number of aromatic nitrogens is 1. The third-order valence-corrected chi connectivity index (χ3v) is 3.32. The average molecular weight is 249 g/mol. The van der Waals surface area contributed by atoms with Crippen molar-refractivity contribution in [2.45, 2.75) is 6.42 Å². The van der Waals surface area contributed by atoms with Gasteiger partial charge in [-0.25, -0.2) is 4.98 Å². The van der Waals surface area contributed by atoms with Gasteiger partial charge in [0, 0.05) is 5.56 Å². The molecule has 0 spiro atoms. The quantitative estimate of drug-likeness (QED) is 0.767. The molecule has 0 unspecified atom stereocenters. The first-order valence-electron chi connectivity index (χ1n) is 6.20. The third-order valence-electron chi connectivity index (χ3n) is 3.32. The fourth-order valence-electron chi connectivity index (χ4n) is 2.37. The number of para-hydroxylation sites is 1. The van der Waals surface area contributed by atoms with Crippen LogP contribution < -0.4 is 0 Å². The van der Waals surface area contributed by atoms with Gasteiger partial charge in [-0.2, -0.15) is 0 Å². The van der Waals surface area contributed by atoms with E-state index in [1.54, 1.807) is 0 Å². The van der Waals surface area contributed by atoms with Crippen molar-refractivity contribution in [3.63, 3.8) is 0 Å². The van der Waals surface area contributed by atoms with Crippen LogP contribution in [0.25, 0.3) is 16.9 Å². The molecule has 0 atom stereocenters. The Morgan fingerprint density at radius 1 is 1.05 bits per heavy atom. The van der Waals surface area contributed by atoms with Gasteiger partial charge in [0.15, 0.2) is 12.0 Å². The molecule has 1 aromatic heterocycles. The van der Waals surface area contributed by atoms with Gasteiger partial charge in [0.25, 0.3) is 0 Å². The van der Waals surface area contributed by atoms with Gasteiger partial charge >= 0.3 is 0 Å². The molecule has 0 amide bonds. The summed E-state index contributed by atoms with van der Waals surface area (Å²) in [7, 11) is 0. The summed E-state index contributed by atoms with van der Waals surface area (Å²) >= 11 is 0. The van der Waals surface area contributed by atoms with Gasteiger partial charge in [-0.3, -0.25) is 0 Å². The predicted octanol–water partition coefficient (Wildman–Crippen LogP) is 3.97. The molecule has 3 nitrogen and oxygen atoms in total. The van der Waals surface area contributed by atoms with E-state index in [9.17, 15) is 0 Å². The van der Waals surface area contributed by atoms with Crippen LogP contribution in [0, 0.1) is 0 Å². The number of benzene rings is 1. The van der Waals surface area contributed by atoms with E-state index in [1.807, 2.05) is 36.4 Å². The fourth-order valence-corrected chi connectivity index (χ4v) is 2.37. The molecule has 0 saturated heterocycles. The standard InChI is InChI=1S/C16H11NO2/c1-2-6-13-11(4-1)8-9-14(19-13)12-5-3-7-15-16(12)17-10-18-15/h1-3,5-10H,4H2. The molecule has 92 valence electrons. The Morgan fingerprint density at radius 3 is 3.05 bits per heavy atom. The van der Waals surface area contributed by atoms with Gasteiger partial charge in [-0.1, -0.05) is 24.3 Å².